The lowest BCUT2D eigenvalue weighted by Gasteiger charge is -2.24. The number of rotatable bonds is 8. The maximum absolute atomic E-state index is 12.6. The highest BCUT2D eigenvalue weighted by Crippen LogP contribution is 2.45. The van der Waals surface area contributed by atoms with Crippen LogP contribution in [-0.4, -0.2) is 50.4 Å². The first kappa shape index (κ1) is 17.9. The highest BCUT2D eigenvalue weighted by Gasteiger charge is 2.39. The normalized spacial score (nSPS) is 20.9. The summed E-state index contributed by atoms with van der Waals surface area (Å²) in [6.07, 6.45) is 1.80. The molecular formula is C17H26N2O3S. The first-order chi connectivity index (χ1) is 11.2. The number of hydrogen-bond acceptors (Lipinski definition) is 5. The lowest BCUT2D eigenvalue weighted by atomic mass is 10.1. The van der Waals surface area contributed by atoms with Crippen LogP contribution in [0.15, 0.2) is 18.2 Å². The Labute approximate surface area is 142 Å². The summed E-state index contributed by atoms with van der Waals surface area (Å²) in [5.41, 5.74) is 1.08. The van der Waals surface area contributed by atoms with E-state index in [9.17, 15) is 4.79 Å². The van der Waals surface area contributed by atoms with E-state index in [-0.39, 0.29) is 16.5 Å². The fourth-order valence-corrected chi connectivity index (χ4v) is 4.19. The number of carbonyl (C=O) groups is 1. The Morgan fingerprint density at radius 3 is 2.61 bits per heavy atom. The number of carbonyl (C=O) groups excluding carboxylic acids is 1. The van der Waals surface area contributed by atoms with Crippen LogP contribution >= 0.6 is 11.8 Å². The molecule has 1 fully saturated rings. The minimum Gasteiger partial charge on any atom is -0.493 e. The van der Waals surface area contributed by atoms with Crippen LogP contribution in [0.2, 0.25) is 0 Å². The van der Waals surface area contributed by atoms with Gasteiger partial charge < -0.3 is 19.7 Å². The van der Waals surface area contributed by atoms with E-state index in [4.69, 9.17) is 9.47 Å². The number of hydrogen-bond donors (Lipinski definition) is 1. The van der Waals surface area contributed by atoms with Gasteiger partial charge in [0.1, 0.15) is 5.37 Å². The lowest BCUT2D eigenvalue weighted by molar-refractivity contribution is -0.130. The molecule has 0 radical (unpaired) electrons. The lowest BCUT2D eigenvalue weighted by Crippen LogP contribution is -2.33. The first-order valence-electron chi connectivity index (χ1n) is 7.98. The van der Waals surface area contributed by atoms with Crippen molar-refractivity contribution in [3.05, 3.63) is 23.8 Å². The molecule has 1 heterocycles. The molecule has 1 saturated heterocycles. The van der Waals surface area contributed by atoms with Gasteiger partial charge in [-0.25, -0.2) is 0 Å². The zero-order chi connectivity index (χ0) is 16.8. The van der Waals surface area contributed by atoms with Crippen molar-refractivity contribution in [2.75, 3.05) is 34.4 Å². The molecular weight excluding hydrogens is 312 g/mol. The fraction of sp³-hybridized carbons (Fsp3) is 0.588. The fourth-order valence-electron chi connectivity index (χ4n) is 2.78. The van der Waals surface area contributed by atoms with Crippen LogP contribution in [0.5, 0.6) is 11.5 Å². The topological polar surface area (TPSA) is 50.8 Å². The van der Waals surface area contributed by atoms with Crippen molar-refractivity contribution >= 4 is 17.7 Å². The Balaban J connectivity index is 2.25. The molecule has 1 amide bonds. The van der Waals surface area contributed by atoms with E-state index in [0.29, 0.717) is 11.5 Å². The molecule has 128 valence electrons. The Morgan fingerprint density at radius 2 is 2.00 bits per heavy atom. The summed E-state index contributed by atoms with van der Waals surface area (Å²) < 4.78 is 10.7. The summed E-state index contributed by atoms with van der Waals surface area (Å²) in [5.74, 6) is 1.65. The van der Waals surface area contributed by atoms with Gasteiger partial charge in [-0.1, -0.05) is 13.0 Å². The Kier molecular flexibility index (Phi) is 6.59. The molecule has 2 rings (SSSR count). The zero-order valence-electron chi connectivity index (χ0n) is 14.3. The van der Waals surface area contributed by atoms with Gasteiger partial charge in [0.15, 0.2) is 11.5 Å². The largest absolute Gasteiger partial charge is 0.493 e. The van der Waals surface area contributed by atoms with Crippen molar-refractivity contribution < 1.29 is 14.3 Å². The van der Waals surface area contributed by atoms with Crippen molar-refractivity contribution in [2.24, 2.45) is 0 Å². The van der Waals surface area contributed by atoms with E-state index in [0.717, 1.165) is 31.5 Å². The Hall–Kier alpha value is -1.40. The number of ether oxygens (including phenoxy) is 2. The van der Waals surface area contributed by atoms with Gasteiger partial charge in [-0.15, -0.1) is 11.8 Å². The van der Waals surface area contributed by atoms with Gasteiger partial charge in [0.25, 0.3) is 0 Å². The van der Waals surface area contributed by atoms with Crippen LogP contribution in [0.4, 0.5) is 0 Å². The standard InChI is InChI=1S/C17H26N2O3S/c1-5-15-16(20)19(10-6-9-18-2)17(23-15)12-7-8-13(21-3)14(11-12)22-4/h7-8,11,15,17-18H,5-6,9-10H2,1-4H3. The Bertz CT molecular complexity index is 539. The van der Waals surface area contributed by atoms with E-state index in [1.165, 1.54) is 0 Å². The molecule has 1 N–H and O–H groups in total. The molecule has 1 aliphatic rings. The third kappa shape index (κ3) is 3.93. The molecule has 1 aliphatic heterocycles. The van der Waals surface area contributed by atoms with Gasteiger partial charge in [-0.3, -0.25) is 4.79 Å². The summed E-state index contributed by atoms with van der Waals surface area (Å²) in [6.45, 7) is 3.74. The van der Waals surface area contributed by atoms with Crippen LogP contribution in [0.3, 0.4) is 0 Å². The SMILES string of the molecule is CCC1SC(c2ccc(OC)c(OC)c2)N(CCCNC)C1=O. The van der Waals surface area contributed by atoms with Crippen molar-refractivity contribution in [3.63, 3.8) is 0 Å². The Morgan fingerprint density at radius 1 is 1.26 bits per heavy atom. The van der Waals surface area contributed by atoms with Gasteiger partial charge in [0.2, 0.25) is 5.91 Å². The van der Waals surface area contributed by atoms with Gasteiger partial charge >= 0.3 is 0 Å². The molecule has 23 heavy (non-hydrogen) atoms. The van der Waals surface area contributed by atoms with Gasteiger partial charge in [-0.2, -0.15) is 0 Å². The van der Waals surface area contributed by atoms with Crippen molar-refractivity contribution in [2.45, 2.75) is 30.4 Å². The maximum atomic E-state index is 12.6. The summed E-state index contributed by atoms with van der Waals surface area (Å²) in [6, 6.07) is 5.91. The number of thioether (sulfide) groups is 1. The maximum Gasteiger partial charge on any atom is 0.236 e. The predicted molar refractivity (Wildman–Crippen MR) is 94.2 cm³/mol. The minimum atomic E-state index is 0.0442. The van der Waals surface area contributed by atoms with Crippen LogP contribution in [0, 0.1) is 0 Å². The predicted octanol–water partition coefficient (Wildman–Crippen LogP) is 2.67. The summed E-state index contributed by atoms with van der Waals surface area (Å²) in [5, 5.41) is 3.23. The number of nitrogens with one attached hydrogen (secondary N) is 1. The molecule has 2 atom stereocenters. The third-order valence-electron chi connectivity index (χ3n) is 4.02. The quantitative estimate of drug-likeness (QED) is 0.739. The average molecular weight is 338 g/mol. The van der Waals surface area contributed by atoms with Crippen LogP contribution in [-0.2, 0) is 4.79 Å². The number of methoxy groups -OCH3 is 2. The highest BCUT2D eigenvalue weighted by molar-refractivity contribution is 8.01. The summed E-state index contributed by atoms with van der Waals surface area (Å²) in [7, 11) is 5.19. The van der Waals surface area contributed by atoms with Gasteiger partial charge in [-0.05, 0) is 44.1 Å². The second-order valence-electron chi connectivity index (χ2n) is 5.49. The molecule has 0 saturated carbocycles. The number of benzene rings is 1. The minimum absolute atomic E-state index is 0.0442. The molecule has 6 heteroatoms. The second-order valence-corrected chi connectivity index (χ2v) is 6.78. The molecule has 0 aromatic heterocycles. The molecule has 0 spiro atoms. The van der Waals surface area contributed by atoms with Crippen LogP contribution in [0.25, 0.3) is 0 Å². The second kappa shape index (κ2) is 8.45. The number of nitrogens with zero attached hydrogens (tertiary/aromatic N) is 1. The highest BCUT2D eigenvalue weighted by atomic mass is 32.2. The van der Waals surface area contributed by atoms with E-state index < -0.39 is 0 Å². The smallest absolute Gasteiger partial charge is 0.236 e. The summed E-state index contributed by atoms with van der Waals surface area (Å²) >= 11 is 1.73. The van der Waals surface area contributed by atoms with Crippen molar-refractivity contribution in [1.29, 1.82) is 0 Å². The van der Waals surface area contributed by atoms with Gasteiger partial charge in [0.05, 0.1) is 19.5 Å². The molecule has 0 aliphatic carbocycles. The molecule has 0 bridgehead atoms. The van der Waals surface area contributed by atoms with E-state index in [2.05, 4.69) is 12.2 Å². The van der Waals surface area contributed by atoms with E-state index >= 15 is 0 Å². The molecule has 1 aromatic rings. The summed E-state index contributed by atoms with van der Waals surface area (Å²) in [4.78, 5) is 14.6. The first-order valence-corrected chi connectivity index (χ1v) is 8.93. The van der Waals surface area contributed by atoms with E-state index in [1.54, 1.807) is 26.0 Å². The van der Waals surface area contributed by atoms with Gasteiger partial charge in [0, 0.05) is 6.54 Å². The molecule has 2 unspecified atom stereocenters. The van der Waals surface area contributed by atoms with Crippen molar-refractivity contribution in [3.8, 4) is 11.5 Å². The molecule has 5 nitrogen and oxygen atoms in total. The number of amides is 1. The molecule has 1 aromatic carbocycles. The van der Waals surface area contributed by atoms with E-state index in [1.807, 2.05) is 30.1 Å². The monoisotopic (exact) mass is 338 g/mol. The average Bonchev–Trinajstić information content (AvgIpc) is 2.90. The van der Waals surface area contributed by atoms with Crippen LogP contribution in [0.1, 0.15) is 30.7 Å². The van der Waals surface area contributed by atoms with Crippen LogP contribution < -0.4 is 14.8 Å². The zero-order valence-corrected chi connectivity index (χ0v) is 15.1. The van der Waals surface area contributed by atoms with Crippen molar-refractivity contribution in [1.82, 2.24) is 10.2 Å². The third-order valence-corrected chi connectivity index (χ3v) is 5.67.